The van der Waals surface area contributed by atoms with Gasteiger partial charge in [0.15, 0.2) is 0 Å². The molecule has 0 spiro atoms. The molecule has 0 atom stereocenters. The van der Waals surface area contributed by atoms with Crippen molar-refractivity contribution in [2.45, 2.75) is 13.5 Å². The largest absolute Gasteiger partial charge is 0.348 e. The molecule has 0 bridgehead atoms. The normalized spacial score (nSPS) is 10.5. The predicted octanol–water partition coefficient (Wildman–Crippen LogP) is 3.99. The van der Waals surface area contributed by atoms with Crippen molar-refractivity contribution >= 4 is 22.4 Å². The number of nitro groups is 1. The lowest BCUT2D eigenvalue weighted by Crippen LogP contribution is -2.23. The highest BCUT2D eigenvalue weighted by molar-refractivity contribution is 5.95. The van der Waals surface area contributed by atoms with Gasteiger partial charge in [-0.25, -0.2) is 0 Å². The molecule has 3 aromatic rings. The predicted molar refractivity (Wildman–Crippen MR) is 93.0 cm³/mol. The molecule has 0 aliphatic rings. The molecule has 120 valence electrons. The SMILES string of the molecule is Cc1ccc(C(=O)NCc2cccc3ccccc23)cc1[N+](=O)[O-]. The van der Waals surface area contributed by atoms with Crippen molar-refractivity contribution < 1.29 is 9.72 Å². The van der Waals surface area contributed by atoms with E-state index < -0.39 is 4.92 Å². The summed E-state index contributed by atoms with van der Waals surface area (Å²) in [4.78, 5) is 22.8. The molecular formula is C19H16N2O3. The molecule has 3 aromatic carbocycles. The van der Waals surface area contributed by atoms with Crippen LogP contribution in [0.15, 0.2) is 60.7 Å². The molecule has 0 aliphatic carbocycles. The number of carbonyl (C=O) groups excluding carboxylic acids is 1. The Morgan fingerprint density at radius 3 is 2.62 bits per heavy atom. The van der Waals surface area contributed by atoms with E-state index in [2.05, 4.69) is 5.32 Å². The number of nitrogens with one attached hydrogen (secondary N) is 1. The van der Waals surface area contributed by atoms with Gasteiger partial charge in [-0.05, 0) is 29.3 Å². The molecule has 1 amide bonds. The molecule has 0 radical (unpaired) electrons. The molecular weight excluding hydrogens is 304 g/mol. The van der Waals surface area contributed by atoms with Gasteiger partial charge in [0.1, 0.15) is 0 Å². The third kappa shape index (κ3) is 3.10. The Hall–Kier alpha value is -3.21. The minimum absolute atomic E-state index is 0.0483. The van der Waals surface area contributed by atoms with Crippen LogP contribution in [-0.4, -0.2) is 10.8 Å². The second-order valence-corrected chi connectivity index (χ2v) is 5.58. The van der Waals surface area contributed by atoms with Gasteiger partial charge in [-0.2, -0.15) is 0 Å². The van der Waals surface area contributed by atoms with Crippen molar-refractivity contribution in [3.63, 3.8) is 0 Å². The number of nitro benzene ring substituents is 1. The standard InChI is InChI=1S/C19H16N2O3/c1-13-9-10-15(11-18(13)21(23)24)19(22)20-12-16-7-4-6-14-5-2-3-8-17(14)16/h2-11H,12H2,1H3,(H,20,22). The van der Waals surface area contributed by atoms with E-state index in [9.17, 15) is 14.9 Å². The third-order valence-electron chi connectivity index (χ3n) is 3.99. The summed E-state index contributed by atoms with van der Waals surface area (Å²) in [5.74, 6) is -0.328. The van der Waals surface area contributed by atoms with Crippen molar-refractivity contribution in [1.29, 1.82) is 0 Å². The fraction of sp³-hybridized carbons (Fsp3) is 0.105. The quantitative estimate of drug-likeness (QED) is 0.583. The molecule has 0 aliphatic heterocycles. The van der Waals surface area contributed by atoms with Crippen LogP contribution in [0, 0.1) is 17.0 Å². The van der Waals surface area contributed by atoms with E-state index in [0.717, 1.165) is 16.3 Å². The zero-order chi connectivity index (χ0) is 17.1. The maximum atomic E-state index is 12.3. The number of rotatable bonds is 4. The zero-order valence-electron chi connectivity index (χ0n) is 13.2. The summed E-state index contributed by atoms with van der Waals surface area (Å²) in [5, 5.41) is 16.0. The van der Waals surface area contributed by atoms with E-state index in [-0.39, 0.29) is 17.2 Å². The molecule has 24 heavy (non-hydrogen) atoms. The highest BCUT2D eigenvalue weighted by Crippen LogP contribution is 2.20. The molecule has 0 saturated carbocycles. The first kappa shape index (κ1) is 15.7. The monoisotopic (exact) mass is 320 g/mol. The fourth-order valence-corrected chi connectivity index (χ4v) is 2.67. The summed E-state index contributed by atoms with van der Waals surface area (Å²) in [6.45, 7) is 2.01. The van der Waals surface area contributed by atoms with E-state index >= 15 is 0 Å². The van der Waals surface area contributed by atoms with Crippen LogP contribution in [0.3, 0.4) is 0 Å². The summed E-state index contributed by atoms with van der Waals surface area (Å²) in [6, 6.07) is 18.4. The van der Waals surface area contributed by atoms with Crippen LogP contribution in [0.5, 0.6) is 0 Å². The van der Waals surface area contributed by atoms with Crippen molar-refractivity contribution in [3.05, 3.63) is 87.5 Å². The Morgan fingerprint density at radius 1 is 1.08 bits per heavy atom. The van der Waals surface area contributed by atoms with E-state index in [1.807, 2.05) is 42.5 Å². The van der Waals surface area contributed by atoms with Crippen LogP contribution in [0.25, 0.3) is 10.8 Å². The molecule has 5 nitrogen and oxygen atoms in total. The Kier molecular flexibility index (Phi) is 4.24. The minimum Gasteiger partial charge on any atom is -0.348 e. The van der Waals surface area contributed by atoms with Crippen LogP contribution >= 0.6 is 0 Å². The van der Waals surface area contributed by atoms with Crippen LogP contribution in [0.2, 0.25) is 0 Å². The van der Waals surface area contributed by atoms with E-state index in [0.29, 0.717) is 12.1 Å². The highest BCUT2D eigenvalue weighted by atomic mass is 16.6. The second kappa shape index (κ2) is 6.50. The number of hydrogen-bond donors (Lipinski definition) is 1. The van der Waals surface area contributed by atoms with Gasteiger partial charge in [-0.1, -0.05) is 48.5 Å². The Bertz CT molecular complexity index is 930. The number of benzene rings is 3. The lowest BCUT2D eigenvalue weighted by Gasteiger charge is -2.09. The van der Waals surface area contributed by atoms with E-state index in [1.165, 1.54) is 6.07 Å². The molecule has 0 aromatic heterocycles. The van der Waals surface area contributed by atoms with Crippen LogP contribution in [-0.2, 0) is 6.54 Å². The third-order valence-corrected chi connectivity index (χ3v) is 3.99. The highest BCUT2D eigenvalue weighted by Gasteiger charge is 2.15. The molecule has 0 heterocycles. The fourth-order valence-electron chi connectivity index (χ4n) is 2.67. The first-order valence-corrected chi connectivity index (χ1v) is 7.56. The van der Waals surface area contributed by atoms with Gasteiger partial charge in [0, 0.05) is 23.7 Å². The molecule has 5 heteroatoms. The summed E-state index contributed by atoms with van der Waals surface area (Å²) >= 11 is 0. The number of carbonyl (C=O) groups is 1. The van der Waals surface area contributed by atoms with Gasteiger partial charge in [0.25, 0.3) is 11.6 Å². The summed E-state index contributed by atoms with van der Waals surface area (Å²) in [5.41, 5.74) is 1.77. The maximum absolute atomic E-state index is 12.3. The van der Waals surface area contributed by atoms with Gasteiger partial charge in [0.2, 0.25) is 0 Å². The van der Waals surface area contributed by atoms with Gasteiger partial charge >= 0.3 is 0 Å². The first-order chi connectivity index (χ1) is 11.6. The number of amides is 1. The molecule has 3 rings (SSSR count). The van der Waals surface area contributed by atoms with Gasteiger partial charge in [-0.3, -0.25) is 14.9 Å². The van der Waals surface area contributed by atoms with Gasteiger partial charge in [0.05, 0.1) is 4.92 Å². The molecule has 0 saturated heterocycles. The van der Waals surface area contributed by atoms with E-state index in [4.69, 9.17) is 0 Å². The summed E-state index contributed by atoms with van der Waals surface area (Å²) in [7, 11) is 0. The summed E-state index contributed by atoms with van der Waals surface area (Å²) in [6.07, 6.45) is 0. The number of aryl methyl sites for hydroxylation is 1. The second-order valence-electron chi connectivity index (χ2n) is 5.58. The van der Waals surface area contributed by atoms with Crippen molar-refractivity contribution in [2.24, 2.45) is 0 Å². The smallest absolute Gasteiger partial charge is 0.273 e. The Balaban J connectivity index is 1.80. The molecule has 1 N–H and O–H groups in total. The van der Waals surface area contributed by atoms with Crippen molar-refractivity contribution in [1.82, 2.24) is 5.32 Å². The first-order valence-electron chi connectivity index (χ1n) is 7.56. The van der Waals surface area contributed by atoms with Gasteiger partial charge in [-0.15, -0.1) is 0 Å². The van der Waals surface area contributed by atoms with Crippen LogP contribution in [0.4, 0.5) is 5.69 Å². The number of hydrogen-bond acceptors (Lipinski definition) is 3. The maximum Gasteiger partial charge on any atom is 0.273 e. The zero-order valence-corrected chi connectivity index (χ0v) is 13.2. The van der Waals surface area contributed by atoms with Crippen LogP contribution in [0.1, 0.15) is 21.5 Å². The minimum atomic E-state index is -0.475. The average Bonchev–Trinajstić information content (AvgIpc) is 2.59. The van der Waals surface area contributed by atoms with Gasteiger partial charge < -0.3 is 5.32 Å². The Labute approximate surface area is 139 Å². The summed E-state index contributed by atoms with van der Waals surface area (Å²) < 4.78 is 0. The molecule has 0 unspecified atom stereocenters. The van der Waals surface area contributed by atoms with Crippen LogP contribution < -0.4 is 5.32 Å². The molecule has 0 fully saturated rings. The van der Waals surface area contributed by atoms with E-state index in [1.54, 1.807) is 19.1 Å². The van der Waals surface area contributed by atoms with Crippen molar-refractivity contribution in [2.75, 3.05) is 0 Å². The lowest BCUT2D eigenvalue weighted by molar-refractivity contribution is -0.385. The number of nitrogens with zero attached hydrogens (tertiary/aromatic N) is 1. The van der Waals surface area contributed by atoms with Crippen molar-refractivity contribution in [3.8, 4) is 0 Å². The number of fused-ring (bicyclic) bond motifs is 1. The average molecular weight is 320 g/mol. The lowest BCUT2D eigenvalue weighted by atomic mass is 10.0. The topological polar surface area (TPSA) is 72.2 Å². The Morgan fingerprint density at radius 2 is 1.83 bits per heavy atom.